The van der Waals surface area contributed by atoms with E-state index in [1.54, 1.807) is 30.5 Å². The van der Waals surface area contributed by atoms with Gasteiger partial charge in [0, 0.05) is 43.2 Å². The first kappa shape index (κ1) is 25.0. The highest BCUT2D eigenvalue weighted by Crippen LogP contribution is 2.41. The molecule has 0 spiro atoms. The lowest BCUT2D eigenvalue weighted by molar-refractivity contribution is 0.107. The fourth-order valence-electron chi connectivity index (χ4n) is 6.73. The molecule has 1 N–H and O–H groups in total. The molecule has 2 aromatic carbocycles. The van der Waals surface area contributed by atoms with Crippen LogP contribution in [0, 0.1) is 24.1 Å². The molecule has 7 nitrogen and oxygen atoms in total. The number of aromatic nitrogens is 3. The van der Waals surface area contributed by atoms with Gasteiger partial charge >= 0.3 is 6.01 Å². The van der Waals surface area contributed by atoms with Gasteiger partial charge in [-0.2, -0.15) is 4.98 Å². The predicted molar refractivity (Wildman–Crippen MR) is 150 cm³/mol. The molecule has 2 aromatic heterocycles. The maximum atomic E-state index is 14.8. The number of hydrogen-bond donors (Lipinski definition) is 1. The van der Waals surface area contributed by atoms with Gasteiger partial charge < -0.3 is 14.7 Å². The summed E-state index contributed by atoms with van der Waals surface area (Å²) >= 11 is 0. The Morgan fingerprint density at radius 2 is 2.05 bits per heavy atom. The number of anilines is 1. The zero-order chi connectivity index (χ0) is 27.6. The Labute approximate surface area is 230 Å². The summed E-state index contributed by atoms with van der Waals surface area (Å²) in [5, 5.41) is 12.4. The second-order valence-electron chi connectivity index (χ2n) is 11.4. The minimum atomic E-state index is -0.841. The number of hydrogen-bond acceptors (Lipinski definition) is 7. The molecule has 3 fully saturated rings. The van der Waals surface area contributed by atoms with E-state index >= 15 is 0 Å². The molecule has 4 aromatic rings. The molecule has 0 saturated carbocycles. The molecule has 0 aliphatic carbocycles. The van der Waals surface area contributed by atoms with E-state index in [4.69, 9.17) is 21.1 Å². The smallest absolute Gasteiger partial charge is 0.316 e. The number of fused-ring (bicyclic) bond motifs is 3. The van der Waals surface area contributed by atoms with E-state index in [1.165, 1.54) is 6.07 Å². The summed E-state index contributed by atoms with van der Waals surface area (Å²) in [6.07, 6.45) is 8.98. The number of halogens is 2. The van der Waals surface area contributed by atoms with Gasteiger partial charge in [0.15, 0.2) is 0 Å². The van der Waals surface area contributed by atoms with Crippen molar-refractivity contribution in [2.45, 2.75) is 37.9 Å². The monoisotopic (exact) mass is 541 g/mol. The molecule has 3 saturated heterocycles. The number of phenolic OH excluding ortho intramolecular Hbond substituents is 1. The predicted octanol–water partition coefficient (Wildman–Crippen LogP) is 5.08. The number of nitrogens with zero attached hydrogens (tertiary/aromatic N) is 5. The van der Waals surface area contributed by atoms with Gasteiger partial charge in [0.2, 0.25) is 0 Å². The van der Waals surface area contributed by atoms with Crippen LogP contribution in [0.5, 0.6) is 11.8 Å². The van der Waals surface area contributed by atoms with E-state index in [2.05, 4.69) is 27.6 Å². The fourth-order valence-corrected chi connectivity index (χ4v) is 6.73. The van der Waals surface area contributed by atoms with Crippen LogP contribution in [0.3, 0.4) is 0 Å². The molecular weight excluding hydrogens is 512 g/mol. The molecule has 5 heterocycles. The number of terminal acetylenes is 1. The Morgan fingerprint density at radius 1 is 1.20 bits per heavy atom. The normalized spacial score (nSPS) is 22.9. The third-order valence-electron chi connectivity index (χ3n) is 8.60. The molecule has 0 unspecified atom stereocenters. The van der Waals surface area contributed by atoms with E-state index in [0.717, 1.165) is 37.9 Å². The van der Waals surface area contributed by atoms with Crippen molar-refractivity contribution < 1.29 is 18.6 Å². The van der Waals surface area contributed by atoms with Gasteiger partial charge in [-0.3, -0.25) is 4.90 Å². The van der Waals surface area contributed by atoms with Crippen LogP contribution in [-0.4, -0.2) is 69.5 Å². The molecule has 9 heteroatoms. The third-order valence-corrected chi connectivity index (χ3v) is 8.60. The molecule has 0 radical (unpaired) electrons. The van der Waals surface area contributed by atoms with E-state index in [-0.39, 0.29) is 22.9 Å². The molecular formula is C31H29F2N5O2. The largest absolute Gasteiger partial charge is 0.508 e. The van der Waals surface area contributed by atoms with Crippen LogP contribution in [0.25, 0.3) is 32.9 Å². The van der Waals surface area contributed by atoms with Crippen molar-refractivity contribution in [3.63, 3.8) is 0 Å². The number of rotatable bonds is 5. The molecule has 2 atom stereocenters. The summed E-state index contributed by atoms with van der Waals surface area (Å²) in [6.45, 7) is 5.50. The van der Waals surface area contributed by atoms with Crippen molar-refractivity contribution in [1.82, 2.24) is 19.9 Å². The quantitative estimate of drug-likeness (QED) is 0.353. The Kier molecular flexibility index (Phi) is 5.79. The first-order valence-corrected chi connectivity index (χ1v) is 13.7. The van der Waals surface area contributed by atoms with E-state index in [1.807, 2.05) is 0 Å². The average Bonchev–Trinajstić information content (AvgIpc) is 3.44. The topological polar surface area (TPSA) is 74.6 Å². The lowest BCUT2D eigenvalue weighted by atomic mass is 9.95. The maximum Gasteiger partial charge on any atom is 0.316 e. The Morgan fingerprint density at radius 3 is 2.85 bits per heavy atom. The Bertz CT molecular complexity index is 1700. The minimum absolute atomic E-state index is 0.0212. The van der Waals surface area contributed by atoms with E-state index in [0.29, 0.717) is 58.9 Å². The first-order valence-electron chi connectivity index (χ1n) is 13.7. The second-order valence-corrected chi connectivity index (χ2v) is 11.4. The van der Waals surface area contributed by atoms with E-state index < -0.39 is 12.0 Å². The average molecular weight is 542 g/mol. The van der Waals surface area contributed by atoms with Crippen LogP contribution >= 0.6 is 0 Å². The highest BCUT2D eigenvalue weighted by Gasteiger charge is 2.49. The van der Waals surface area contributed by atoms with Crippen LogP contribution in [0.4, 0.5) is 14.6 Å². The van der Waals surface area contributed by atoms with Gasteiger partial charge in [0.1, 0.15) is 30.2 Å². The number of aromatic hydroxyl groups is 1. The fraction of sp³-hybridized carbons (Fsp3) is 0.387. The van der Waals surface area contributed by atoms with Crippen molar-refractivity contribution in [3.8, 4) is 35.4 Å². The van der Waals surface area contributed by atoms with Crippen molar-refractivity contribution in [1.29, 1.82) is 0 Å². The van der Waals surface area contributed by atoms with Gasteiger partial charge in [-0.1, -0.05) is 18.9 Å². The van der Waals surface area contributed by atoms with Crippen molar-refractivity contribution in [2.75, 3.05) is 37.7 Å². The summed E-state index contributed by atoms with van der Waals surface area (Å²) in [5.74, 6) is 3.21. The van der Waals surface area contributed by atoms with Gasteiger partial charge in [-0.25, -0.2) is 18.7 Å². The summed E-state index contributed by atoms with van der Waals surface area (Å²) in [7, 11) is 0. The molecule has 40 heavy (non-hydrogen) atoms. The second kappa shape index (κ2) is 9.27. The van der Waals surface area contributed by atoms with Gasteiger partial charge in [-0.15, -0.1) is 6.42 Å². The number of pyridine rings is 1. The van der Waals surface area contributed by atoms with Crippen LogP contribution in [0.1, 0.15) is 31.7 Å². The van der Waals surface area contributed by atoms with Gasteiger partial charge in [0.05, 0.1) is 27.7 Å². The highest BCUT2D eigenvalue weighted by atomic mass is 19.1. The molecule has 204 valence electrons. The SMILES string of the molecule is C#Cc1c(F)ccc2cc(O)cc(-c3cc4nc(OC[C@@]56CCCN5C[C@H](F)C6)ncc4c(N4CC(C)C4)n3)c12. The minimum Gasteiger partial charge on any atom is -0.508 e. The summed E-state index contributed by atoms with van der Waals surface area (Å²) in [6, 6.07) is 8.02. The zero-order valence-electron chi connectivity index (χ0n) is 22.2. The zero-order valence-corrected chi connectivity index (χ0v) is 22.2. The molecule has 3 aliphatic rings. The van der Waals surface area contributed by atoms with Crippen LogP contribution in [0.2, 0.25) is 0 Å². The maximum absolute atomic E-state index is 14.8. The summed E-state index contributed by atoms with van der Waals surface area (Å²) in [5.41, 5.74) is 1.43. The number of phenols is 1. The van der Waals surface area contributed by atoms with Crippen LogP contribution in [-0.2, 0) is 0 Å². The Hall–Kier alpha value is -4.03. The number of ether oxygens (including phenoxy) is 1. The van der Waals surface area contributed by atoms with E-state index in [9.17, 15) is 13.9 Å². The molecule has 0 bridgehead atoms. The lowest BCUT2D eigenvalue weighted by Gasteiger charge is -2.38. The molecule has 3 aliphatic heterocycles. The van der Waals surface area contributed by atoms with Crippen molar-refractivity contribution in [3.05, 3.63) is 47.9 Å². The van der Waals surface area contributed by atoms with Crippen molar-refractivity contribution in [2.24, 2.45) is 5.92 Å². The van der Waals surface area contributed by atoms with Gasteiger partial charge in [-0.05, 0) is 55.0 Å². The number of benzene rings is 2. The lowest BCUT2D eigenvalue weighted by Crippen LogP contribution is -2.45. The molecule has 7 rings (SSSR count). The molecule has 0 amide bonds. The van der Waals surface area contributed by atoms with Crippen LogP contribution in [0.15, 0.2) is 36.5 Å². The summed E-state index contributed by atoms with van der Waals surface area (Å²) in [4.78, 5) is 18.6. The standard InChI is InChI=1S/C31H29F2N5O2/c1-3-22-25(33)6-5-19-9-21(39)10-23(28(19)22)26-11-27-24(29(35-26)37-14-18(2)15-37)13-34-30(36-27)40-17-31-7-4-8-38(31)16-20(32)12-31/h1,5-6,9-11,13,18,20,39H,4,7-8,12,14-17H2,2H3/t20-,31+/m1/s1. The van der Waals surface area contributed by atoms with Crippen molar-refractivity contribution >= 4 is 27.5 Å². The Balaban J connectivity index is 1.34. The van der Waals surface area contributed by atoms with Crippen LogP contribution < -0.4 is 9.64 Å². The van der Waals surface area contributed by atoms with Gasteiger partial charge in [0.25, 0.3) is 0 Å². The highest BCUT2D eigenvalue weighted by molar-refractivity contribution is 6.03. The third kappa shape index (κ3) is 4.01. The first-order chi connectivity index (χ1) is 19.3. The summed E-state index contributed by atoms with van der Waals surface area (Å²) < 4.78 is 35.1. The number of alkyl halides is 1.